The van der Waals surface area contributed by atoms with E-state index in [1.807, 2.05) is 0 Å². The van der Waals surface area contributed by atoms with Crippen LogP contribution in [0.25, 0.3) is 0 Å². The summed E-state index contributed by atoms with van der Waals surface area (Å²) in [5.41, 5.74) is 6.96. The first-order valence-corrected chi connectivity index (χ1v) is 7.91. The number of hydrogen-bond acceptors (Lipinski definition) is 4. The largest absolute Gasteiger partial charge is 0.467 e. The second kappa shape index (κ2) is 7.18. The van der Waals surface area contributed by atoms with Gasteiger partial charge in [0.05, 0.1) is 23.5 Å². The Morgan fingerprint density at radius 2 is 1.79 bits per heavy atom. The molecule has 7 heteroatoms. The molecule has 0 saturated carbocycles. The predicted molar refractivity (Wildman–Crippen MR) is 90.8 cm³/mol. The van der Waals surface area contributed by atoms with Crippen LogP contribution in [0.5, 0.6) is 0 Å². The third-order valence-electron chi connectivity index (χ3n) is 3.93. The van der Waals surface area contributed by atoms with E-state index in [1.165, 1.54) is 6.26 Å². The summed E-state index contributed by atoms with van der Waals surface area (Å²) < 4.78 is 5.17. The zero-order valence-corrected chi connectivity index (χ0v) is 13.2. The molecule has 1 aliphatic heterocycles. The van der Waals surface area contributed by atoms with Gasteiger partial charge >= 0.3 is 6.03 Å². The van der Waals surface area contributed by atoms with Gasteiger partial charge in [-0.3, -0.25) is 4.79 Å². The molecule has 0 atom stereocenters. The minimum absolute atomic E-state index is 0.150. The van der Waals surface area contributed by atoms with Crippen LogP contribution in [-0.2, 0) is 6.54 Å². The fraction of sp³-hybridized carbons (Fsp3) is 0.294. The number of furan rings is 1. The summed E-state index contributed by atoms with van der Waals surface area (Å²) in [5.74, 6) is 0.220. The Morgan fingerprint density at radius 1 is 1.12 bits per heavy atom. The number of nitrogens with two attached hydrogens (primary N) is 1. The molecule has 2 heterocycles. The summed E-state index contributed by atoms with van der Waals surface area (Å²) in [6.45, 7) is 1.75. The van der Waals surface area contributed by atoms with Gasteiger partial charge in [0.25, 0.3) is 5.91 Å². The zero-order valence-electron chi connectivity index (χ0n) is 13.2. The Labute approximate surface area is 139 Å². The average molecular weight is 328 g/mol. The molecule has 0 unspecified atom stereocenters. The van der Waals surface area contributed by atoms with Crippen LogP contribution in [0, 0.1) is 0 Å². The number of hydrogen-bond donors (Lipinski definition) is 3. The summed E-state index contributed by atoms with van der Waals surface area (Å²) in [6, 6.07) is 8.54. The number of rotatable bonds is 4. The first-order valence-electron chi connectivity index (χ1n) is 7.91. The molecule has 0 spiro atoms. The van der Waals surface area contributed by atoms with Crippen molar-refractivity contribution in [1.82, 2.24) is 4.90 Å². The van der Waals surface area contributed by atoms with E-state index in [2.05, 4.69) is 10.6 Å². The number of nitrogens with zero attached hydrogens (tertiary/aromatic N) is 1. The highest BCUT2D eigenvalue weighted by molar-refractivity contribution is 6.07. The topological polar surface area (TPSA) is 101 Å². The molecule has 0 aliphatic carbocycles. The third-order valence-corrected chi connectivity index (χ3v) is 3.93. The highest BCUT2D eigenvalue weighted by Gasteiger charge is 2.19. The summed E-state index contributed by atoms with van der Waals surface area (Å²) >= 11 is 0. The SMILES string of the molecule is NCc1cc(C(=O)Nc2ccccc2NC(=O)N2CCCC2)co1. The van der Waals surface area contributed by atoms with E-state index in [0.717, 1.165) is 25.9 Å². The number of para-hydroxylation sites is 2. The van der Waals surface area contributed by atoms with Crippen LogP contribution >= 0.6 is 0 Å². The van der Waals surface area contributed by atoms with Crippen molar-refractivity contribution in [2.45, 2.75) is 19.4 Å². The van der Waals surface area contributed by atoms with E-state index in [0.29, 0.717) is 22.7 Å². The maximum atomic E-state index is 12.3. The molecule has 3 rings (SSSR count). The van der Waals surface area contributed by atoms with Crippen LogP contribution in [0.2, 0.25) is 0 Å². The highest BCUT2D eigenvalue weighted by atomic mass is 16.3. The molecule has 0 bridgehead atoms. The van der Waals surface area contributed by atoms with Gasteiger partial charge in [-0.05, 0) is 31.0 Å². The van der Waals surface area contributed by atoms with Gasteiger partial charge < -0.3 is 25.7 Å². The number of amides is 3. The van der Waals surface area contributed by atoms with Crippen LogP contribution < -0.4 is 16.4 Å². The predicted octanol–water partition coefficient (Wildman–Crippen LogP) is 2.62. The van der Waals surface area contributed by atoms with Crippen LogP contribution in [-0.4, -0.2) is 29.9 Å². The Hall–Kier alpha value is -2.80. The number of carbonyl (C=O) groups is 2. The van der Waals surface area contributed by atoms with Gasteiger partial charge in [-0.25, -0.2) is 4.79 Å². The van der Waals surface area contributed by atoms with Crippen LogP contribution in [0.4, 0.5) is 16.2 Å². The van der Waals surface area contributed by atoms with Gasteiger partial charge in [-0.15, -0.1) is 0 Å². The van der Waals surface area contributed by atoms with E-state index in [9.17, 15) is 9.59 Å². The number of anilines is 2. The quantitative estimate of drug-likeness (QED) is 0.803. The van der Waals surface area contributed by atoms with Crippen molar-refractivity contribution in [3.63, 3.8) is 0 Å². The van der Waals surface area contributed by atoms with Crippen molar-refractivity contribution in [3.05, 3.63) is 47.9 Å². The molecule has 126 valence electrons. The van der Waals surface area contributed by atoms with Gasteiger partial charge in [0.15, 0.2) is 0 Å². The zero-order chi connectivity index (χ0) is 16.9. The monoisotopic (exact) mass is 328 g/mol. The molecule has 2 aromatic rings. The van der Waals surface area contributed by atoms with E-state index in [4.69, 9.17) is 10.2 Å². The minimum Gasteiger partial charge on any atom is -0.467 e. The molecule has 3 amide bonds. The number of urea groups is 1. The fourth-order valence-corrected chi connectivity index (χ4v) is 2.62. The second-order valence-electron chi connectivity index (χ2n) is 5.63. The molecular weight excluding hydrogens is 308 g/mol. The normalized spacial score (nSPS) is 13.8. The Bertz CT molecular complexity index is 735. The number of likely N-dealkylation sites (tertiary alicyclic amines) is 1. The molecule has 1 aromatic carbocycles. The highest BCUT2D eigenvalue weighted by Crippen LogP contribution is 2.23. The van der Waals surface area contributed by atoms with Crippen molar-refractivity contribution in [2.75, 3.05) is 23.7 Å². The van der Waals surface area contributed by atoms with Crippen LogP contribution in [0.1, 0.15) is 29.0 Å². The van der Waals surface area contributed by atoms with E-state index in [-0.39, 0.29) is 18.5 Å². The molecule has 7 nitrogen and oxygen atoms in total. The average Bonchev–Trinajstić information content (AvgIpc) is 3.28. The van der Waals surface area contributed by atoms with Gasteiger partial charge in [-0.2, -0.15) is 0 Å². The molecular formula is C17H20N4O3. The first-order chi connectivity index (χ1) is 11.7. The Balaban J connectivity index is 1.71. The van der Waals surface area contributed by atoms with Crippen LogP contribution in [0.15, 0.2) is 41.0 Å². The van der Waals surface area contributed by atoms with Gasteiger partial charge in [0, 0.05) is 13.1 Å². The van der Waals surface area contributed by atoms with E-state index < -0.39 is 0 Å². The lowest BCUT2D eigenvalue weighted by atomic mass is 10.2. The fourth-order valence-electron chi connectivity index (χ4n) is 2.62. The third kappa shape index (κ3) is 3.57. The Morgan fingerprint density at radius 3 is 2.42 bits per heavy atom. The van der Waals surface area contributed by atoms with Crippen molar-refractivity contribution >= 4 is 23.3 Å². The van der Waals surface area contributed by atoms with Crippen molar-refractivity contribution in [1.29, 1.82) is 0 Å². The smallest absolute Gasteiger partial charge is 0.321 e. The molecule has 1 aliphatic rings. The Kier molecular flexibility index (Phi) is 4.81. The standard InChI is InChI=1S/C17H20N4O3/c18-10-13-9-12(11-24-13)16(22)19-14-5-1-2-6-15(14)20-17(23)21-7-3-4-8-21/h1-2,5-6,9,11H,3-4,7-8,10,18H2,(H,19,22)(H,20,23). The molecule has 1 aromatic heterocycles. The molecule has 4 N–H and O–H groups in total. The summed E-state index contributed by atoms with van der Waals surface area (Å²) in [4.78, 5) is 26.3. The lowest BCUT2D eigenvalue weighted by molar-refractivity contribution is 0.102. The first kappa shape index (κ1) is 16.1. The van der Waals surface area contributed by atoms with Gasteiger partial charge in [0.2, 0.25) is 0 Å². The summed E-state index contributed by atoms with van der Waals surface area (Å²) in [6.07, 6.45) is 3.41. The van der Waals surface area contributed by atoms with Crippen LogP contribution in [0.3, 0.4) is 0 Å². The number of nitrogens with one attached hydrogen (secondary N) is 2. The van der Waals surface area contributed by atoms with E-state index in [1.54, 1.807) is 35.2 Å². The summed E-state index contributed by atoms with van der Waals surface area (Å²) in [7, 11) is 0. The van der Waals surface area contributed by atoms with Crippen molar-refractivity contribution in [2.24, 2.45) is 5.73 Å². The van der Waals surface area contributed by atoms with E-state index >= 15 is 0 Å². The number of benzene rings is 1. The second-order valence-corrected chi connectivity index (χ2v) is 5.63. The van der Waals surface area contributed by atoms with Crippen molar-refractivity contribution in [3.8, 4) is 0 Å². The maximum Gasteiger partial charge on any atom is 0.321 e. The molecule has 0 radical (unpaired) electrons. The van der Waals surface area contributed by atoms with Gasteiger partial charge in [0.1, 0.15) is 12.0 Å². The number of carbonyl (C=O) groups excluding carboxylic acids is 2. The lowest BCUT2D eigenvalue weighted by Gasteiger charge is -2.18. The molecule has 1 fully saturated rings. The van der Waals surface area contributed by atoms with Gasteiger partial charge in [-0.1, -0.05) is 12.1 Å². The molecule has 24 heavy (non-hydrogen) atoms. The lowest BCUT2D eigenvalue weighted by Crippen LogP contribution is -2.32. The molecule has 1 saturated heterocycles. The summed E-state index contributed by atoms with van der Waals surface area (Å²) in [5, 5.41) is 5.64. The maximum absolute atomic E-state index is 12.3. The minimum atomic E-state index is -0.318. The van der Waals surface area contributed by atoms with Crippen molar-refractivity contribution < 1.29 is 14.0 Å².